The van der Waals surface area contributed by atoms with Crippen molar-refractivity contribution in [1.82, 2.24) is 0 Å². The molecule has 2 aromatic rings. The average Bonchev–Trinajstić information content (AvgIpc) is 3.16. The summed E-state index contributed by atoms with van der Waals surface area (Å²) in [4.78, 5) is 4.51. The van der Waals surface area contributed by atoms with Gasteiger partial charge in [-0.3, -0.25) is 0 Å². The summed E-state index contributed by atoms with van der Waals surface area (Å²) in [5.74, 6) is 2.27. The van der Waals surface area contributed by atoms with Gasteiger partial charge in [0, 0.05) is 5.56 Å². The second kappa shape index (κ2) is 4.81. The number of aliphatic imine (C=N–C) groups is 1. The maximum Gasteiger partial charge on any atom is 0.231 e. The van der Waals surface area contributed by atoms with E-state index in [9.17, 15) is 0 Å². The van der Waals surface area contributed by atoms with Crippen molar-refractivity contribution in [1.29, 1.82) is 0 Å². The second-order valence-corrected chi connectivity index (χ2v) is 5.23. The van der Waals surface area contributed by atoms with Gasteiger partial charge in [0.1, 0.15) is 6.10 Å². The van der Waals surface area contributed by atoms with E-state index < -0.39 is 0 Å². The van der Waals surface area contributed by atoms with E-state index in [1.807, 2.05) is 30.3 Å². The number of ether oxygens (including phenoxy) is 3. The van der Waals surface area contributed by atoms with E-state index >= 15 is 0 Å². The molecule has 0 radical (unpaired) electrons. The predicted octanol–water partition coefficient (Wildman–Crippen LogP) is 3.24. The highest BCUT2D eigenvalue weighted by Gasteiger charge is 2.24. The minimum absolute atomic E-state index is 0.0594. The van der Waals surface area contributed by atoms with Crippen molar-refractivity contribution in [2.24, 2.45) is 4.99 Å². The fraction of sp³-hybridized carbons (Fsp3) is 0.235. The van der Waals surface area contributed by atoms with Crippen molar-refractivity contribution >= 4 is 5.90 Å². The predicted molar refractivity (Wildman–Crippen MR) is 79.0 cm³/mol. The van der Waals surface area contributed by atoms with Gasteiger partial charge in [-0.25, -0.2) is 4.99 Å². The molecule has 2 aliphatic rings. The van der Waals surface area contributed by atoms with Gasteiger partial charge in [0.2, 0.25) is 12.7 Å². The highest BCUT2D eigenvalue weighted by Crippen LogP contribution is 2.36. The Labute approximate surface area is 123 Å². The molecule has 2 aliphatic heterocycles. The van der Waals surface area contributed by atoms with Crippen LogP contribution in [0.3, 0.4) is 0 Å². The third kappa shape index (κ3) is 2.23. The molecule has 1 unspecified atom stereocenters. The maximum atomic E-state index is 5.99. The van der Waals surface area contributed by atoms with Crippen LogP contribution >= 0.6 is 0 Å². The highest BCUT2D eigenvalue weighted by atomic mass is 16.7. The molecule has 0 bridgehead atoms. The molecule has 0 aliphatic carbocycles. The summed E-state index contributed by atoms with van der Waals surface area (Å²) >= 11 is 0. The first-order valence-corrected chi connectivity index (χ1v) is 6.97. The number of fused-ring (bicyclic) bond motifs is 1. The molecule has 0 amide bonds. The van der Waals surface area contributed by atoms with Crippen molar-refractivity contribution < 1.29 is 14.2 Å². The number of hydrogen-bond donors (Lipinski definition) is 0. The van der Waals surface area contributed by atoms with Crippen LogP contribution in [-0.2, 0) is 4.74 Å². The first-order chi connectivity index (χ1) is 10.3. The van der Waals surface area contributed by atoms with Crippen LogP contribution in [0, 0.1) is 6.92 Å². The van der Waals surface area contributed by atoms with Gasteiger partial charge in [-0.1, -0.05) is 23.8 Å². The molecule has 4 nitrogen and oxygen atoms in total. The van der Waals surface area contributed by atoms with Crippen molar-refractivity contribution in [3.05, 3.63) is 59.2 Å². The van der Waals surface area contributed by atoms with E-state index in [2.05, 4.69) is 24.0 Å². The molecule has 0 spiro atoms. The monoisotopic (exact) mass is 281 g/mol. The zero-order valence-corrected chi connectivity index (χ0v) is 11.7. The maximum absolute atomic E-state index is 5.99. The minimum atomic E-state index is -0.0594. The van der Waals surface area contributed by atoms with E-state index in [1.54, 1.807) is 0 Å². The Morgan fingerprint density at radius 3 is 2.67 bits per heavy atom. The van der Waals surface area contributed by atoms with Crippen molar-refractivity contribution in [3.8, 4) is 11.5 Å². The first-order valence-electron chi connectivity index (χ1n) is 6.97. The quantitative estimate of drug-likeness (QED) is 0.848. The normalized spacial score (nSPS) is 19.3. The van der Waals surface area contributed by atoms with Gasteiger partial charge in [0.15, 0.2) is 11.5 Å². The Hall–Kier alpha value is -2.49. The molecule has 0 aromatic heterocycles. The molecule has 0 saturated carbocycles. The zero-order chi connectivity index (χ0) is 14.2. The molecule has 0 N–H and O–H groups in total. The Bertz CT molecular complexity index is 706. The van der Waals surface area contributed by atoms with E-state index in [1.165, 1.54) is 5.56 Å². The number of nitrogens with zero attached hydrogens (tertiary/aromatic N) is 1. The summed E-state index contributed by atoms with van der Waals surface area (Å²) in [6.07, 6.45) is -0.0594. The summed E-state index contributed by atoms with van der Waals surface area (Å²) in [6.45, 7) is 2.98. The molecular formula is C17H15NO3. The van der Waals surface area contributed by atoms with E-state index in [0.717, 1.165) is 22.6 Å². The second-order valence-electron chi connectivity index (χ2n) is 5.23. The topological polar surface area (TPSA) is 40.0 Å². The third-order valence-corrected chi connectivity index (χ3v) is 3.72. The van der Waals surface area contributed by atoms with Gasteiger partial charge < -0.3 is 14.2 Å². The van der Waals surface area contributed by atoms with Crippen LogP contribution in [0.15, 0.2) is 47.5 Å². The molecule has 1 atom stereocenters. The molecule has 4 heteroatoms. The molecule has 106 valence electrons. The van der Waals surface area contributed by atoms with Crippen molar-refractivity contribution in [3.63, 3.8) is 0 Å². The fourth-order valence-electron chi connectivity index (χ4n) is 2.52. The van der Waals surface area contributed by atoms with Crippen LogP contribution in [0.25, 0.3) is 0 Å². The molecule has 2 heterocycles. The van der Waals surface area contributed by atoms with Crippen LogP contribution in [0.5, 0.6) is 11.5 Å². The van der Waals surface area contributed by atoms with Gasteiger partial charge in [0.25, 0.3) is 0 Å². The first kappa shape index (κ1) is 12.3. The molecule has 21 heavy (non-hydrogen) atoms. The van der Waals surface area contributed by atoms with Gasteiger partial charge in [-0.2, -0.15) is 0 Å². The average molecular weight is 281 g/mol. The molecule has 0 fully saturated rings. The van der Waals surface area contributed by atoms with Crippen LogP contribution in [-0.4, -0.2) is 19.2 Å². The summed E-state index contributed by atoms with van der Waals surface area (Å²) in [6, 6.07) is 14.1. The lowest BCUT2D eigenvalue weighted by Crippen LogP contribution is -2.06. The molecule has 0 saturated heterocycles. The molecule has 4 rings (SSSR count). The standard InChI is InChI=1S/C17H15NO3/c1-11-2-4-12(5-3-11)17-18-9-16(21-17)13-6-7-14-15(8-13)20-10-19-14/h2-8,16H,9-10H2,1H3. The Kier molecular flexibility index (Phi) is 2.81. The lowest BCUT2D eigenvalue weighted by atomic mass is 10.1. The largest absolute Gasteiger partial charge is 0.467 e. The third-order valence-electron chi connectivity index (χ3n) is 3.72. The van der Waals surface area contributed by atoms with Crippen molar-refractivity contribution in [2.75, 3.05) is 13.3 Å². The highest BCUT2D eigenvalue weighted by molar-refractivity contribution is 5.95. The number of aryl methyl sites for hydroxylation is 1. The van der Waals surface area contributed by atoms with Crippen LogP contribution in [0.2, 0.25) is 0 Å². The summed E-state index contributed by atoms with van der Waals surface area (Å²) in [5.41, 5.74) is 3.30. The van der Waals surface area contributed by atoms with Crippen LogP contribution in [0.1, 0.15) is 22.8 Å². The van der Waals surface area contributed by atoms with Crippen LogP contribution < -0.4 is 9.47 Å². The van der Waals surface area contributed by atoms with Gasteiger partial charge >= 0.3 is 0 Å². The van der Waals surface area contributed by atoms with Gasteiger partial charge in [-0.05, 0) is 36.8 Å². The van der Waals surface area contributed by atoms with E-state index in [0.29, 0.717) is 12.4 Å². The van der Waals surface area contributed by atoms with Crippen molar-refractivity contribution in [2.45, 2.75) is 13.0 Å². The fourth-order valence-corrected chi connectivity index (χ4v) is 2.52. The molecule has 2 aromatic carbocycles. The van der Waals surface area contributed by atoms with Crippen LogP contribution in [0.4, 0.5) is 0 Å². The Balaban J connectivity index is 1.54. The van der Waals surface area contributed by atoms with Gasteiger partial charge in [0.05, 0.1) is 6.54 Å². The zero-order valence-electron chi connectivity index (χ0n) is 11.7. The summed E-state index contributed by atoms with van der Waals surface area (Å²) in [5, 5.41) is 0. The number of rotatable bonds is 2. The Morgan fingerprint density at radius 2 is 1.81 bits per heavy atom. The lowest BCUT2D eigenvalue weighted by Gasteiger charge is -2.12. The summed E-state index contributed by atoms with van der Waals surface area (Å²) < 4.78 is 16.7. The van der Waals surface area contributed by atoms with E-state index in [-0.39, 0.29) is 12.9 Å². The SMILES string of the molecule is Cc1ccc(C2=NCC(c3ccc4c(c3)OCO4)O2)cc1. The smallest absolute Gasteiger partial charge is 0.231 e. The minimum Gasteiger partial charge on any atom is -0.467 e. The molecular weight excluding hydrogens is 266 g/mol. The summed E-state index contributed by atoms with van der Waals surface area (Å²) in [7, 11) is 0. The van der Waals surface area contributed by atoms with E-state index in [4.69, 9.17) is 14.2 Å². The van der Waals surface area contributed by atoms with Gasteiger partial charge in [-0.15, -0.1) is 0 Å². The lowest BCUT2D eigenvalue weighted by molar-refractivity contribution is 0.173. The number of hydrogen-bond acceptors (Lipinski definition) is 4. The number of benzene rings is 2. The Morgan fingerprint density at radius 1 is 1.00 bits per heavy atom.